The van der Waals surface area contributed by atoms with Crippen molar-refractivity contribution in [1.82, 2.24) is 9.88 Å². The molecule has 0 unspecified atom stereocenters. The summed E-state index contributed by atoms with van der Waals surface area (Å²) in [5.41, 5.74) is -0.486. The van der Waals surface area contributed by atoms with E-state index in [4.69, 9.17) is 0 Å². The first-order chi connectivity index (χ1) is 8.55. The molecule has 1 N–H and O–H groups in total. The first kappa shape index (κ1) is 13.5. The summed E-state index contributed by atoms with van der Waals surface area (Å²) in [5.74, 6) is -0.627. The second kappa shape index (κ2) is 5.36. The molecule has 0 spiro atoms. The van der Waals surface area contributed by atoms with Gasteiger partial charge in [0.05, 0.1) is 10.4 Å². The van der Waals surface area contributed by atoms with Crippen LogP contribution in [0.2, 0.25) is 0 Å². The molecule has 100 valence electrons. The Labute approximate surface area is 112 Å². The van der Waals surface area contributed by atoms with Crippen LogP contribution in [0.25, 0.3) is 0 Å². The van der Waals surface area contributed by atoms with Crippen LogP contribution in [0.5, 0.6) is 0 Å². The highest BCUT2D eigenvalue weighted by molar-refractivity contribution is 7.11. The lowest BCUT2D eigenvalue weighted by atomic mass is 9.76. The molecule has 1 saturated heterocycles. The molecule has 1 aromatic rings. The van der Waals surface area contributed by atoms with Crippen LogP contribution in [-0.4, -0.2) is 34.0 Å². The molecule has 5 heteroatoms. The van der Waals surface area contributed by atoms with Gasteiger partial charge in [-0.3, -0.25) is 9.69 Å². The Kier molecular flexibility index (Phi) is 4.02. The Morgan fingerprint density at radius 1 is 1.56 bits per heavy atom. The van der Waals surface area contributed by atoms with Crippen LogP contribution < -0.4 is 0 Å². The molecule has 0 bridgehead atoms. The maximum absolute atomic E-state index is 11.3. The average molecular weight is 268 g/mol. The number of aliphatic carboxylic acids is 1. The van der Waals surface area contributed by atoms with Crippen molar-refractivity contribution < 1.29 is 9.90 Å². The number of likely N-dealkylation sites (tertiary alicyclic amines) is 1. The van der Waals surface area contributed by atoms with E-state index in [2.05, 4.69) is 9.88 Å². The van der Waals surface area contributed by atoms with Gasteiger partial charge in [-0.2, -0.15) is 0 Å². The fraction of sp³-hybridized carbons (Fsp3) is 0.692. The minimum Gasteiger partial charge on any atom is -0.481 e. The Bertz CT molecular complexity index is 422. The molecule has 0 saturated carbocycles. The second-order valence-corrected chi connectivity index (χ2v) is 6.38. The lowest BCUT2D eigenvalue weighted by molar-refractivity contribution is -0.152. The van der Waals surface area contributed by atoms with Crippen LogP contribution in [-0.2, 0) is 11.3 Å². The summed E-state index contributed by atoms with van der Waals surface area (Å²) in [7, 11) is 0. The van der Waals surface area contributed by atoms with Crippen molar-refractivity contribution in [3.63, 3.8) is 0 Å². The van der Waals surface area contributed by atoms with Crippen LogP contribution in [0.3, 0.4) is 0 Å². The standard InChI is InChI=1S/C13H20N2O2S/c1-3-13(12(16)17)4-6-15(7-5-13)9-11-8-14-10(2)18-11/h8H,3-7,9H2,1-2H3,(H,16,17). The number of carbonyl (C=O) groups is 1. The van der Waals surface area contributed by atoms with E-state index < -0.39 is 11.4 Å². The smallest absolute Gasteiger partial charge is 0.309 e. The first-order valence-corrected chi connectivity index (χ1v) is 7.24. The Hall–Kier alpha value is -0.940. The lowest BCUT2D eigenvalue weighted by Gasteiger charge is -2.38. The van der Waals surface area contributed by atoms with Gasteiger partial charge in [0.25, 0.3) is 0 Å². The van der Waals surface area contributed by atoms with Gasteiger partial charge < -0.3 is 5.11 Å². The van der Waals surface area contributed by atoms with Crippen LogP contribution in [0.15, 0.2) is 6.20 Å². The van der Waals surface area contributed by atoms with Gasteiger partial charge >= 0.3 is 5.97 Å². The van der Waals surface area contributed by atoms with E-state index in [0.29, 0.717) is 0 Å². The number of aromatic nitrogens is 1. The number of thiazole rings is 1. The molecule has 2 rings (SSSR count). The van der Waals surface area contributed by atoms with Crippen molar-refractivity contribution in [2.75, 3.05) is 13.1 Å². The molecule has 1 aliphatic heterocycles. The van der Waals surface area contributed by atoms with Gasteiger partial charge in [0, 0.05) is 17.6 Å². The summed E-state index contributed by atoms with van der Waals surface area (Å²) >= 11 is 1.72. The van der Waals surface area contributed by atoms with Crippen molar-refractivity contribution in [2.24, 2.45) is 5.41 Å². The van der Waals surface area contributed by atoms with Gasteiger partial charge in [-0.15, -0.1) is 11.3 Å². The fourth-order valence-corrected chi connectivity index (χ4v) is 3.39. The summed E-state index contributed by atoms with van der Waals surface area (Å²) in [6.07, 6.45) is 4.18. The van der Waals surface area contributed by atoms with Gasteiger partial charge in [0.1, 0.15) is 0 Å². The second-order valence-electron chi connectivity index (χ2n) is 5.06. The SMILES string of the molecule is CCC1(C(=O)O)CCN(Cc2cnc(C)s2)CC1. The topological polar surface area (TPSA) is 53.4 Å². The summed E-state index contributed by atoms with van der Waals surface area (Å²) in [6.45, 7) is 6.65. The Morgan fingerprint density at radius 2 is 2.22 bits per heavy atom. The molecule has 0 amide bonds. The predicted octanol–water partition coefficient (Wildman–Crippen LogP) is 2.53. The van der Waals surface area contributed by atoms with Gasteiger partial charge in [-0.1, -0.05) is 6.92 Å². The van der Waals surface area contributed by atoms with E-state index in [1.807, 2.05) is 20.0 Å². The first-order valence-electron chi connectivity index (χ1n) is 6.43. The van der Waals surface area contributed by atoms with Crippen molar-refractivity contribution in [2.45, 2.75) is 39.7 Å². The van der Waals surface area contributed by atoms with Crippen molar-refractivity contribution in [3.8, 4) is 0 Å². The Morgan fingerprint density at radius 3 is 2.67 bits per heavy atom. The highest BCUT2D eigenvalue weighted by Crippen LogP contribution is 2.35. The lowest BCUT2D eigenvalue weighted by Crippen LogP contribution is -2.43. The minimum absolute atomic E-state index is 0.486. The summed E-state index contributed by atoms with van der Waals surface area (Å²) in [5, 5.41) is 10.4. The van der Waals surface area contributed by atoms with Gasteiger partial charge in [-0.05, 0) is 39.3 Å². The maximum atomic E-state index is 11.3. The number of piperidine rings is 1. The monoisotopic (exact) mass is 268 g/mol. The van der Waals surface area contributed by atoms with Gasteiger partial charge in [-0.25, -0.2) is 4.98 Å². The van der Waals surface area contributed by atoms with E-state index in [-0.39, 0.29) is 0 Å². The van der Waals surface area contributed by atoms with E-state index in [9.17, 15) is 9.90 Å². The zero-order chi connectivity index (χ0) is 13.2. The molecule has 0 radical (unpaired) electrons. The van der Waals surface area contributed by atoms with E-state index in [0.717, 1.165) is 43.9 Å². The molecule has 4 nitrogen and oxygen atoms in total. The molecule has 2 heterocycles. The van der Waals surface area contributed by atoms with Crippen LogP contribution in [0.1, 0.15) is 36.1 Å². The molecular formula is C13H20N2O2S. The number of aryl methyl sites for hydroxylation is 1. The van der Waals surface area contributed by atoms with Crippen LogP contribution >= 0.6 is 11.3 Å². The average Bonchev–Trinajstić information content (AvgIpc) is 2.76. The number of hydrogen-bond acceptors (Lipinski definition) is 4. The quantitative estimate of drug-likeness (QED) is 0.911. The van der Waals surface area contributed by atoms with Crippen molar-refractivity contribution in [3.05, 3.63) is 16.1 Å². The van der Waals surface area contributed by atoms with Crippen molar-refractivity contribution >= 4 is 17.3 Å². The molecule has 0 aliphatic carbocycles. The van der Waals surface area contributed by atoms with E-state index in [1.165, 1.54) is 4.88 Å². The van der Waals surface area contributed by atoms with Crippen LogP contribution in [0.4, 0.5) is 0 Å². The van der Waals surface area contributed by atoms with Gasteiger partial charge in [0.2, 0.25) is 0 Å². The third-order valence-electron chi connectivity index (χ3n) is 3.99. The molecule has 0 aromatic carbocycles. The number of nitrogens with zero attached hydrogens (tertiary/aromatic N) is 2. The zero-order valence-electron chi connectivity index (χ0n) is 11.0. The highest BCUT2D eigenvalue weighted by atomic mass is 32.1. The number of carboxylic acids is 1. The van der Waals surface area contributed by atoms with Gasteiger partial charge in [0.15, 0.2) is 0 Å². The zero-order valence-corrected chi connectivity index (χ0v) is 11.8. The molecule has 0 atom stereocenters. The maximum Gasteiger partial charge on any atom is 0.309 e. The molecule has 18 heavy (non-hydrogen) atoms. The largest absolute Gasteiger partial charge is 0.481 e. The minimum atomic E-state index is -0.627. The Balaban J connectivity index is 1.92. The van der Waals surface area contributed by atoms with Crippen LogP contribution in [0, 0.1) is 12.3 Å². The molecule has 1 aliphatic rings. The molecular weight excluding hydrogens is 248 g/mol. The highest BCUT2D eigenvalue weighted by Gasteiger charge is 2.39. The number of hydrogen-bond donors (Lipinski definition) is 1. The summed E-state index contributed by atoms with van der Waals surface area (Å²) in [6, 6.07) is 0. The summed E-state index contributed by atoms with van der Waals surface area (Å²) < 4.78 is 0. The number of carboxylic acid groups (broad SMARTS) is 1. The summed E-state index contributed by atoms with van der Waals surface area (Å²) in [4.78, 5) is 19.2. The predicted molar refractivity (Wildman–Crippen MR) is 71.7 cm³/mol. The fourth-order valence-electron chi connectivity index (χ4n) is 2.56. The normalized spacial score (nSPS) is 19.9. The molecule has 1 fully saturated rings. The van der Waals surface area contributed by atoms with E-state index in [1.54, 1.807) is 11.3 Å². The third-order valence-corrected chi connectivity index (χ3v) is 4.89. The van der Waals surface area contributed by atoms with E-state index >= 15 is 0 Å². The number of rotatable bonds is 4. The molecule has 1 aromatic heterocycles. The third kappa shape index (κ3) is 2.72. The van der Waals surface area contributed by atoms with Crippen molar-refractivity contribution in [1.29, 1.82) is 0 Å².